The summed E-state index contributed by atoms with van der Waals surface area (Å²) in [5.41, 5.74) is 2.10. The third-order valence-corrected chi connectivity index (χ3v) is 12.9. The lowest BCUT2D eigenvalue weighted by atomic mass is 10.0. The number of imidazole rings is 1. The highest BCUT2D eigenvalue weighted by atomic mass is 19.3. The van der Waals surface area contributed by atoms with E-state index in [0.29, 0.717) is 41.1 Å². The molecule has 8 heterocycles. The monoisotopic (exact) mass is 959 g/mol. The molecule has 6 N–H and O–H groups in total. The summed E-state index contributed by atoms with van der Waals surface area (Å²) in [5.74, 6) is 0.110. The van der Waals surface area contributed by atoms with Crippen LogP contribution in [0.5, 0.6) is 5.88 Å². The van der Waals surface area contributed by atoms with Crippen LogP contribution < -0.4 is 30.7 Å². The molecule has 26 heteroatoms. The number of hydrogen-bond acceptors (Lipinski definition) is 14. The number of ether oxygens (including phenoxy) is 4. The number of amides is 2. The van der Waals surface area contributed by atoms with Gasteiger partial charge in [0.1, 0.15) is 23.9 Å². The zero-order valence-corrected chi connectivity index (χ0v) is 37.3. The summed E-state index contributed by atoms with van der Waals surface area (Å²) in [6.45, 7) is 2.59. The summed E-state index contributed by atoms with van der Waals surface area (Å²) in [4.78, 5) is 39.3. The van der Waals surface area contributed by atoms with Crippen LogP contribution in [0.1, 0.15) is 75.8 Å². The quantitative estimate of drug-likeness (QED) is 0.0545. The number of carbonyl (C=O) groups excluding carboxylic acids is 2. The number of aromatic nitrogens is 12. The number of aryl methyl sites for hydroxylation is 1. The predicted octanol–water partition coefficient (Wildman–Crippen LogP) is 5.55. The molecule has 0 radical (unpaired) electrons. The van der Waals surface area contributed by atoms with Crippen LogP contribution in [0.25, 0.3) is 28.1 Å². The smallest absolute Gasteiger partial charge is 0.408 e. The second-order valence-corrected chi connectivity index (χ2v) is 18.5. The Kier molecular flexibility index (Phi) is 10.8. The molecule has 11 rings (SSSR count). The first kappa shape index (κ1) is 44.0. The number of alkyl halides is 4. The number of anilines is 4. The van der Waals surface area contributed by atoms with Gasteiger partial charge in [-0.1, -0.05) is 0 Å². The molecule has 3 saturated carbocycles. The van der Waals surface area contributed by atoms with E-state index >= 15 is 8.78 Å². The van der Waals surface area contributed by atoms with Crippen LogP contribution in [-0.2, 0) is 21.3 Å². The number of nitrogens with zero attached hydrogens (tertiary/aromatic N) is 10. The lowest BCUT2D eigenvalue weighted by molar-refractivity contribution is -0.641. The molecule has 7 aromatic heterocycles. The molecule has 7 aromatic rings. The van der Waals surface area contributed by atoms with Gasteiger partial charge in [0, 0.05) is 47.6 Å². The number of carbonyl (C=O) groups is 2. The molecule has 0 spiro atoms. The molecule has 0 bridgehead atoms. The van der Waals surface area contributed by atoms with E-state index in [1.54, 1.807) is 59.2 Å². The molecule has 69 heavy (non-hydrogen) atoms. The molecule has 22 nitrogen and oxygen atoms in total. The normalized spacial score (nSPS) is 23.4. The molecule has 1 saturated heterocycles. The summed E-state index contributed by atoms with van der Waals surface area (Å²) < 4.78 is 87.6. The lowest BCUT2D eigenvalue weighted by Gasteiger charge is -2.19. The fourth-order valence-electron chi connectivity index (χ4n) is 8.57. The minimum Gasteiger partial charge on any atom is -0.470 e. The van der Waals surface area contributed by atoms with Crippen molar-refractivity contribution in [3.63, 3.8) is 0 Å². The Hall–Kier alpha value is -7.51. The summed E-state index contributed by atoms with van der Waals surface area (Å²) in [7, 11) is 1.78. The number of H-pyrrole nitrogens is 2. The van der Waals surface area contributed by atoms with E-state index in [4.69, 9.17) is 23.9 Å². The number of fused-ring (bicyclic) bond motifs is 2. The largest absolute Gasteiger partial charge is 0.470 e. The van der Waals surface area contributed by atoms with Crippen LogP contribution in [0.3, 0.4) is 0 Å². The van der Waals surface area contributed by atoms with Gasteiger partial charge in [0.2, 0.25) is 23.3 Å². The summed E-state index contributed by atoms with van der Waals surface area (Å²) >= 11 is 0. The molecule has 0 unspecified atom stereocenters. The maximum Gasteiger partial charge on any atom is 0.408 e. The number of rotatable bonds is 15. The fraction of sp³-hybridized carbons (Fsp3) is 0.465. The lowest BCUT2D eigenvalue weighted by Crippen LogP contribution is -2.39. The first-order valence-electron chi connectivity index (χ1n) is 22.4. The van der Waals surface area contributed by atoms with Gasteiger partial charge in [-0.2, -0.15) is 20.3 Å². The van der Waals surface area contributed by atoms with Crippen LogP contribution in [0.4, 0.5) is 50.6 Å². The van der Waals surface area contributed by atoms with Gasteiger partial charge in [-0.25, -0.2) is 52.0 Å². The molecular formula is C43H47F4N16O6+. The van der Waals surface area contributed by atoms with Crippen LogP contribution in [0.2, 0.25) is 0 Å². The average Bonchev–Trinajstić information content (AvgIpc) is 3.85. The first-order valence-corrected chi connectivity index (χ1v) is 22.4. The van der Waals surface area contributed by atoms with Gasteiger partial charge in [0.15, 0.2) is 30.3 Å². The Balaban J connectivity index is 0.929. The van der Waals surface area contributed by atoms with E-state index in [0.717, 1.165) is 25.7 Å². The number of aromatic amines is 2. The highest BCUT2D eigenvalue weighted by Crippen LogP contribution is 2.41. The Labute approximate surface area is 388 Å². The molecule has 4 aliphatic rings. The standard InChI is InChI=1S/C43H46F4N16O6/c1-42(7-8-42)55-40(64)68-28-5-4-22(34(28)46)23-12-31(58-57-23)52-39-48-15-27(38-54-33(18-61(38)39)66-20-30(44)45)63-32(53-37-26-6-11-49-62(26)17-25(51-37)21-14-50-60(3)16-21)13-24(59-63)36-35(47)29(19-67-36)69-41(65)56-43(2)9-10-43/h6,11-18,22,28-30,34-36H,4-5,7-10,19-20H2,1-3H3,(H5,48,49,51,52,53,54,55,56,57,58,59,64,65)/p+1/t22-,28-,29-,34-,35-,36-/m1/s1. The Morgan fingerprint density at radius 3 is 2.43 bits per heavy atom. The van der Waals surface area contributed by atoms with Crippen molar-refractivity contribution in [3.8, 4) is 22.8 Å². The second kappa shape index (κ2) is 16.9. The van der Waals surface area contributed by atoms with Crippen LogP contribution in [-0.4, -0.2) is 121 Å². The summed E-state index contributed by atoms with van der Waals surface area (Å²) in [6.07, 6.45) is 2.61. The van der Waals surface area contributed by atoms with Crippen molar-refractivity contribution in [2.24, 2.45) is 7.05 Å². The maximum absolute atomic E-state index is 16.4. The first-order chi connectivity index (χ1) is 33.2. The van der Waals surface area contributed by atoms with Crippen molar-refractivity contribution < 1.29 is 50.8 Å². The van der Waals surface area contributed by atoms with Gasteiger partial charge < -0.3 is 34.9 Å². The van der Waals surface area contributed by atoms with Gasteiger partial charge in [-0.05, 0) is 58.4 Å². The number of nitrogens with one attached hydrogen (secondary N) is 6. The third-order valence-electron chi connectivity index (χ3n) is 12.9. The third kappa shape index (κ3) is 8.90. The fourth-order valence-corrected chi connectivity index (χ4v) is 8.57. The van der Waals surface area contributed by atoms with E-state index in [9.17, 15) is 18.4 Å². The van der Waals surface area contributed by atoms with E-state index in [1.807, 2.05) is 13.8 Å². The van der Waals surface area contributed by atoms with Crippen molar-refractivity contribution >= 4 is 46.8 Å². The molecule has 4 fully saturated rings. The average molecular weight is 960 g/mol. The van der Waals surface area contributed by atoms with Gasteiger partial charge in [0.05, 0.1) is 55.0 Å². The number of hydrogen-bond donors (Lipinski definition) is 6. The highest BCUT2D eigenvalue weighted by Gasteiger charge is 2.46. The summed E-state index contributed by atoms with van der Waals surface area (Å²) in [6, 6.07) is 4.95. The predicted molar refractivity (Wildman–Crippen MR) is 233 cm³/mol. The SMILES string of the molecule is Cn1cc(-c2cn3nccc3c(Nc3cc([C@H]4OC[C@@H](OC(=O)NC5(C)CC5)[C@H]4F)[nH][n+]3-c3cnc(Nc4cc([C@H]5CC[C@@H](OC(=O)NC6(C)CC6)[C@@H]5F)[nH]n4)n4cc(OCC(F)F)nc34)n2)cn1. The number of halogens is 4. The van der Waals surface area contributed by atoms with Crippen molar-refractivity contribution in [2.45, 2.75) is 106 Å². The van der Waals surface area contributed by atoms with Crippen molar-refractivity contribution in [3.05, 3.63) is 66.8 Å². The number of alkyl carbamates (subject to hydrolysis) is 2. The van der Waals surface area contributed by atoms with Crippen molar-refractivity contribution in [2.75, 3.05) is 23.8 Å². The van der Waals surface area contributed by atoms with E-state index in [2.05, 4.69) is 56.7 Å². The molecule has 0 aromatic carbocycles. The van der Waals surface area contributed by atoms with Crippen molar-refractivity contribution in [1.29, 1.82) is 0 Å². The molecule has 3 aliphatic carbocycles. The van der Waals surface area contributed by atoms with Crippen LogP contribution in [0.15, 0.2) is 55.4 Å². The van der Waals surface area contributed by atoms with Crippen molar-refractivity contribution in [1.82, 2.24) is 64.7 Å². The zero-order valence-electron chi connectivity index (χ0n) is 37.3. The van der Waals surface area contributed by atoms with Gasteiger partial charge in [-0.15, -0.1) is 4.68 Å². The van der Waals surface area contributed by atoms with E-state index in [-0.39, 0.29) is 58.2 Å². The Bertz CT molecular complexity index is 3070. The van der Waals surface area contributed by atoms with E-state index < -0.39 is 61.8 Å². The minimum atomic E-state index is -2.81. The summed E-state index contributed by atoms with van der Waals surface area (Å²) in [5, 5.41) is 31.2. The molecule has 1 aliphatic heterocycles. The zero-order chi connectivity index (χ0) is 47.8. The topological polar surface area (TPSA) is 246 Å². The minimum absolute atomic E-state index is 0.107. The Morgan fingerprint density at radius 1 is 0.942 bits per heavy atom. The Morgan fingerprint density at radius 2 is 1.71 bits per heavy atom. The van der Waals surface area contributed by atoms with Gasteiger partial charge in [-0.3, -0.25) is 14.2 Å². The maximum atomic E-state index is 16.4. The van der Waals surface area contributed by atoms with E-state index in [1.165, 1.54) is 21.5 Å². The van der Waals surface area contributed by atoms with Crippen LogP contribution in [0, 0.1) is 0 Å². The molecule has 2 amide bonds. The second-order valence-electron chi connectivity index (χ2n) is 18.5. The van der Waals surface area contributed by atoms with Gasteiger partial charge in [0.25, 0.3) is 6.43 Å². The van der Waals surface area contributed by atoms with Gasteiger partial charge >= 0.3 is 18.0 Å². The van der Waals surface area contributed by atoms with Crippen LogP contribution >= 0.6 is 0 Å². The molecule has 362 valence electrons. The molecule has 6 atom stereocenters. The highest BCUT2D eigenvalue weighted by molar-refractivity contribution is 5.75. The molecular weight excluding hydrogens is 913 g/mol.